The molecule has 0 atom stereocenters. The van der Waals surface area contributed by atoms with Gasteiger partial charge < -0.3 is 33.6 Å². The Bertz CT molecular complexity index is 2810. The molecule has 3 amide bonds. The number of ether oxygens (including phenoxy) is 4. The zero-order valence-electron chi connectivity index (χ0n) is 42.5. The van der Waals surface area contributed by atoms with E-state index in [-0.39, 0.29) is 49.9 Å². The van der Waals surface area contributed by atoms with Gasteiger partial charge in [0, 0.05) is 70.5 Å². The summed E-state index contributed by atoms with van der Waals surface area (Å²) >= 11 is 0. The first-order chi connectivity index (χ1) is 36.3. The van der Waals surface area contributed by atoms with E-state index >= 15 is 0 Å². The molecule has 3 aliphatic heterocycles. The Hall–Kier alpha value is -7.40. The first-order valence-corrected chi connectivity index (χ1v) is 26.8. The van der Waals surface area contributed by atoms with Crippen molar-refractivity contribution in [1.29, 1.82) is 0 Å². The van der Waals surface area contributed by atoms with Crippen LogP contribution in [0.3, 0.4) is 0 Å². The number of benzene rings is 6. The maximum absolute atomic E-state index is 14.1. The fraction of sp³-hybridized carbons (Fsp3) is 0.365. The zero-order valence-corrected chi connectivity index (χ0v) is 42.5. The van der Waals surface area contributed by atoms with Gasteiger partial charge in [-0.25, -0.2) is 0 Å². The second-order valence-corrected chi connectivity index (χ2v) is 20.2. The number of ketones is 1. The van der Waals surface area contributed by atoms with Crippen LogP contribution in [0.4, 0.5) is 0 Å². The molecule has 8 bridgehead atoms. The first kappa shape index (κ1) is 50.1. The second-order valence-electron chi connectivity index (χ2n) is 20.2. The molecule has 0 spiro atoms. The number of para-hydroxylation sites is 4. The summed E-state index contributed by atoms with van der Waals surface area (Å²) in [5.41, 5.74) is 9.48. The highest BCUT2D eigenvalue weighted by atomic mass is 16.5. The quantitative estimate of drug-likeness (QED) is 0.0990. The van der Waals surface area contributed by atoms with Crippen LogP contribution in [-0.2, 0) is 40.1 Å². The van der Waals surface area contributed by atoms with E-state index in [1.54, 1.807) is 0 Å². The van der Waals surface area contributed by atoms with E-state index in [1.807, 2.05) is 142 Å². The predicted molar refractivity (Wildman–Crippen MR) is 286 cm³/mol. The Morgan fingerprint density at radius 1 is 0.311 bits per heavy atom. The van der Waals surface area contributed by atoms with E-state index in [0.29, 0.717) is 80.4 Å². The highest BCUT2D eigenvalue weighted by Crippen LogP contribution is 2.39. The van der Waals surface area contributed by atoms with E-state index < -0.39 is 0 Å². The van der Waals surface area contributed by atoms with Gasteiger partial charge in [0.2, 0.25) is 0 Å². The van der Waals surface area contributed by atoms with Crippen molar-refractivity contribution in [2.75, 3.05) is 65.7 Å². The normalized spacial score (nSPS) is 15.7. The summed E-state index contributed by atoms with van der Waals surface area (Å²) < 4.78 is 26.9. The first-order valence-electron chi connectivity index (χ1n) is 26.8. The van der Waals surface area contributed by atoms with E-state index in [9.17, 15) is 19.2 Å². The lowest BCUT2D eigenvalue weighted by Gasteiger charge is -2.28. The smallest absolute Gasteiger partial charge is 0.260 e. The van der Waals surface area contributed by atoms with Crippen molar-refractivity contribution >= 4 is 23.5 Å². The van der Waals surface area contributed by atoms with Gasteiger partial charge in [-0.3, -0.25) is 19.2 Å². The van der Waals surface area contributed by atoms with Crippen LogP contribution in [0.25, 0.3) is 11.1 Å². The minimum Gasteiger partial charge on any atom is -0.485 e. The molecule has 0 saturated carbocycles. The van der Waals surface area contributed by atoms with Crippen LogP contribution in [-0.4, -0.2) is 104 Å². The van der Waals surface area contributed by atoms with Gasteiger partial charge in [-0.05, 0) is 113 Å². The third kappa shape index (κ3) is 12.2. The minimum absolute atomic E-state index is 0.0427. The summed E-state index contributed by atoms with van der Waals surface area (Å²) in [6.07, 6.45) is 10.7. The molecule has 3 heterocycles. The van der Waals surface area contributed by atoms with Gasteiger partial charge in [0.15, 0.2) is 32.2 Å². The second kappa shape index (κ2) is 24.1. The number of Topliss-reactive ketones (excluding diaryl/α,β-unsaturated/α-hetero) is 1. The van der Waals surface area contributed by atoms with Crippen LogP contribution in [0, 0.1) is 0 Å². The predicted octanol–water partition coefficient (Wildman–Crippen LogP) is 10.5. The van der Waals surface area contributed by atoms with Crippen LogP contribution in [0.1, 0.15) is 113 Å². The molecule has 0 N–H and O–H groups in total. The fourth-order valence-electron chi connectivity index (χ4n) is 11.0. The molecule has 0 radical (unpaired) electrons. The number of carbonyl (C=O) groups is 4. The number of amides is 3. The largest absolute Gasteiger partial charge is 0.485 e. The van der Waals surface area contributed by atoms with Gasteiger partial charge in [0.1, 0.15) is 23.0 Å². The van der Waals surface area contributed by atoms with E-state index in [4.69, 9.17) is 18.9 Å². The number of hydrogen-bond acceptors (Lipinski definition) is 8. The van der Waals surface area contributed by atoms with Crippen molar-refractivity contribution in [3.63, 3.8) is 0 Å². The van der Waals surface area contributed by atoms with Crippen LogP contribution in [0.5, 0.6) is 23.0 Å². The summed E-state index contributed by atoms with van der Waals surface area (Å²) in [6.45, 7) is 3.77. The monoisotopic (exact) mass is 993 g/mol. The highest BCUT2D eigenvalue weighted by Gasteiger charge is 2.26. The lowest BCUT2D eigenvalue weighted by molar-refractivity contribution is -0.135. The van der Waals surface area contributed by atoms with Crippen molar-refractivity contribution in [3.8, 4) is 34.1 Å². The van der Waals surface area contributed by atoms with Gasteiger partial charge >= 0.3 is 0 Å². The number of piperidine rings is 3. The number of nitrogens with zero attached hydrogens (tertiary/aromatic N) is 3. The molecule has 11 nitrogen and oxygen atoms in total. The Balaban J connectivity index is 1.05. The van der Waals surface area contributed by atoms with Crippen molar-refractivity contribution in [3.05, 3.63) is 177 Å². The third-order valence-electron chi connectivity index (χ3n) is 15.0. The number of carbonyl (C=O) groups excluding carboxylic acids is 4. The Morgan fingerprint density at radius 2 is 0.595 bits per heavy atom. The van der Waals surface area contributed by atoms with E-state index in [0.717, 1.165) is 127 Å². The molecule has 382 valence electrons. The molecule has 1 aliphatic carbocycles. The third-order valence-corrected chi connectivity index (χ3v) is 15.0. The molecule has 0 aromatic heterocycles. The van der Waals surface area contributed by atoms with Crippen LogP contribution in [0.15, 0.2) is 127 Å². The molecule has 0 unspecified atom stereocenters. The molecular weight excluding hydrogens is 927 g/mol. The minimum atomic E-state index is -0.201. The Kier molecular flexibility index (Phi) is 16.3. The molecule has 6 aromatic rings. The van der Waals surface area contributed by atoms with Crippen molar-refractivity contribution in [2.45, 2.75) is 83.5 Å². The van der Waals surface area contributed by atoms with Gasteiger partial charge in [-0.15, -0.1) is 0 Å². The molecule has 3 saturated heterocycles. The average Bonchev–Trinajstić information content (AvgIpc) is 3.45. The topological polar surface area (TPSA) is 115 Å². The average molecular weight is 994 g/mol. The molecule has 4 aliphatic rings. The molecule has 3 fully saturated rings. The standard InChI is InChI=1S/C63H67N3O8/c67-56(47-29-27-46(28-30-47)45-17-5-1-6-18-45)41-71-60-48-19-13-20-49(60)38-51-22-15-24-53(62(51)73-43-58(69)65-33-9-3-10-34-65)40-55-26-16-25-54(63(55)74-44-59(70)66-35-11-4-12-36-66)39-52-23-14-21-50(37-48)61(52)72-42-57(68)64-31-7-2-8-32-64/h1,5-6,13-30H,2-4,7-12,31-44H2. The summed E-state index contributed by atoms with van der Waals surface area (Å²) in [7, 11) is 0. The van der Waals surface area contributed by atoms with Crippen molar-refractivity contribution < 1.29 is 38.1 Å². The van der Waals surface area contributed by atoms with Crippen molar-refractivity contribution in [2.24, 2.45) is 0 Å². The summed E-state index contributed by atoms with van der Waals surface area (Å²) in [6, 6.07) is 42.0. The fourth-order valence-corrected chi connectivity index (χ4v) is 11.0. The zero-order chi connectivity index (χ0) is 50.6. The molecule has 11 heteroatoms. The number of fused-ring (bicyclic) bond motifs is 8. The Morgan fingerprint density at radius 3 is 0.905 bits per heavy atom. The van der Waals surface area contributed by atoms with Crippen LogP contribution >= 0.6 is 0 Å². The SMILES string of the molecule is O=C(COc1c2cccc1Cc1cccc(c1OCC(=O)N1CCCCC1)Cc1cccc(c1OCC(=O)N1CCCCC1)Cc1cccc(c1OCC(=O)N1CCCCC1)C2)c1ccc(-c2ccccc2)cc1. The molecule has 10 rings (SSSR count). The van der Waals surface area contributed by atoms with Gasteiger partial charge in [-0.2, -0.15) is 0 Å². The highest BCUT2D eigenvalue weighted by molar-refractivity contribution is 5.97. The van der Waals surface area contributed by atoms with Gasteiger partial charge in [-0.1, -0.05) is 127 Å². The molecule has 6 aromatic carbocycles. The lowest BCUT2D eigenvalue weighted by atomic mass is 9.91. The van der Waals surface area contributed by atoms with Gasteiger partial charge in [0.25, 0.3) is 17.7 Å². The number of hydrogen-bond donors (Lipinski definition) is 0. The Labute approximate surface area is 435 Å². The van der Waals surface area contributed by atoms with E-state index in [2.05, 4.69) is 0 Å². The summed E-state index contributed by atoms with van der Waals surface area (Å²) in [5.74, 6) is 2.11. The van der Waals surface area contributed by atoms with Gasteiger partial charge in [0.05, 0.1) is 0 Å². The summed E-state index contributed by atoms with van der Waals surface area (Å²) in [5, 5.41) is 0. The van der Waals surface area contributed by atoms with Crippen molar-refractivity contribution in [1.82, 2.24) is 14.7 Å². The number of likely N-dealkylation sites (tertiary alicyclic amines) is 3. The van der Waals surface area contributed by atoms with E-state index in [1.165, 1.54) is 0 Å². The van der Waals surface area contributed by atoms with Crippen LogP contribution in [0.2, 0.25) is 0 Å². The maximum Gasteiger partial charge on any atom is 0.260 e. The maximum atomic E-state index is 14.1. The summed E-state index contributed by atoms with van der Waals surface area (Å²) in [4.78, 5) is 61.1. The molecule has 74 heavy (non-hydrogen) atoms. The number of rotatable bonds is 14. The van der Waals surface area contributed by atoms with Crippen LogP contribution < -0.4 is 18.9 Å². The lowest BCUT2D eigenvalue weighted by Crippen LogP contribution is -2.38. The molecular formula is C63H67N3O8.